The Balaban J connectivity index is 1.60. The molecule has 0 bridgehead atoms. The lowest BCUT2D eigenvalue weighted by atomic mass is 10.0. The van der Waals surface area contributed by atoms with E-state index in [1.807, 2.05) is 6.07 Å². The van der Waals surface area contributed by atoms with Crippen LogP contribution in [-0.2, 0) is 9.47 Å². The lowest BCUT2D eigenvalue weighted by Gasteiger charge is -2.17. The molecule has 1 aliphatic rings. The number of rotatable bonds is 9. The molecule has 1 N–H and O–H groups in total. The molecule has 0 radical (unpaired) electrons. The summed E-state index contributed by atoms with van der Waals surface area (Å²) in [6.45, 7) is 5.31. The molecule has 1 aromatic carbocycles. The summed E-state index contributed by atoms with van der Waals surface area (Å²) in [6, 6.07) is 7.03. The second kappa shape index (κ2) is 9.13. The Kier molecular flexibility index (Phi) is 7.13. The van der Waals surface area contributed by atoms with Crippen molar-refractivity contribution in [3.63, 3.8) is 0 Å². The average molecular weight is 295 g/mol. The van der Waals surface area contributed by atoms with Crippen molar-refractivity contribution in [1.29, 1.82) is 0 Å². The fraction of sp³-hybridized carbons (Fsp3) is 0.647. The maximum atomic E-state index is 13.2. The van der Waals surface area contributed by atoms with Crippen LogP contribution < -0.4 is 5.32 Å². The molecule has 1 aliphatic heterocycles. The van der Waals surface area contributed by atoms with E-state index in [2.05, 4.69) is 12.2 Å². The van der Waals surface area contributed by atoms with Crippen molar-refractivity contribution in [1.82, 2.24) is 5.32 Å². The fourth-order valence-electron chi connectivity index (χ4n) is 2.66. The van der Waals surface area contributed by atoms with E-state index in [1.54, 1.807) is 12.1 Å². The Hall–Kier alpha value is -0.970. The summed E-state index contributed by atoms with van der Waals surface area (Å²) >= 11 is 0. The Morgan fingerprint density at radius 3 is 3.10 bits per heavy atom. The standard InChI is InChI=1S/C17H26FNO2/c1-2-17(14-6-3-7-15(18)12-14)19-9-5-10-20-13-16-8-4-11-21-16/h3,6-7,12,16-17,19H,2,4-5,8-11,13H2,1H3. The minimum absolute atomic E-state index is 0.173. The van der Waals surface area contributed by atoms with E-state index >= 15 is 0 Å². The Bertz CT molecular complexity index is 408. The molecule has 118 valence electrons. The zero-order valence-corrected chi connectivity index (χ0v) is 12.8. The van der Waals surface area contributed by atoms with Crippen molar-refractivity contribution in [2.75, 3.05) is 26.4 Å². The molecule has 2 unspecified atom stereocenters. The highest BCUT2D eigenvalue weighted by Crippen LogP contribution is 2.17. The molecular formula is C17H26FNO2. The van der Waals surface area contributed by atoms with E-state index in [9.17, 15) is 4.39 Å². The normalized spacial score (nSPS) is 19.8. The summed E-state index contributed by atoms with van der Waals surface area (Å²) in [5.74, 6) is -0.173. The minimum atomic E-state index is -0.173. The van der Waals surface area contributed by atoms with Crippen LogP contribution in [0, 0.1) is 5.82 Å². The van der Waals surface area contributed by atoms with Gasteiger partial charge in [-0.1, -0.05) is 19.1 Å². The topological polar surface area (TPSA) is 30.5 Å². The highest BCUT2D eigenvalue weighted by molar-refractivity contribution is 5.19. The van der Waals surface area contributed by atoms with E-state index in [4.69, 9.17) is 9.47 Å². The van der Waals surface area contributed by atoms with Crippen LogP contribution in [0.3, 0.4) is 0 Å². The fourth-order valence-corrected chi connectivity index (χ4v) is 2.66. The summed E-state index contributed by atoms with van der Waals surface area (Å²) < 4.78 is 24.4. The van der Waals surface area contributed by atoms with Gasteiger partial charge in [0.05, 0.1) is 12.7 Å². The molecule has 4 heteroatoms. The van der Waals surface area contributed by atoms with Crippen molar-refractivity contribution in [2.45, 2.75) is 44.8 Å². The van der Waals surface area contributed by atoms with Crippen LogP contribution in [0.15, 0.2) is 24.3 Å². The van der Waals surface area contributed by atoms with Gasteiger partial charge in [0.1, 0.15) is 5.82 Å². The van der Waals surface area contributed by atoms with E-state index in [1.165, 1.54) is 6.07 Å². The van der Waals surface area contributed by atoms with Gasteiger partial charge in [-0.05, 0) is 49.9 Å². The number of benzene rings is 1. The predicted octanol–water partition coefficient (Wildman–Crippen LogP) is 3.45. The third kappa shape index (κ3) is 5.73. The van der Waals surface area contributed by atoms with Gasteiger partial charge in [0, 0.05) is 19.3 Å². The third-order valence-electron chi connectivity index (χ3n) is 3.84. The second-order valence-corrected chi connectivity index (χ2v) is 5.53. The molecule has 0 aliphatic carbocycles. The predicted molar refractivity (Wildman–Crippen MR) is 81.8 cm³/mol. The van der Waals surface area contributed by atoms with Crippen LogP contribution in [-0.4, -0.2) is 32.5 Å². The van der Waals surface area contributed by atoms with Crippen LogP contribution in [0.2, 0.25) is 0 Å². The van der Waals surface area contributed by atoms with Crippen molar-refractivity contribution in [2.24, 2.45) is 0 Å². The number of halogens is 1. The first-order valence-electron chi connectivity index (χ1n) is 7.97. The molecule has 1 fully saturated rings. The number of hydrogen-bond donors (Lipinski definition) is 1. The largest absolute Gasteiger partial charge is 0.379 e. The van der Waals surface area contributed by atoms with Crippen molar-refractivity contribution >= 4 is 0 Å². The van der Waals surface area contributed by atoms with Gasteiger partial charge < -0.3 is 14.8 Å². The van der Waals surface area contributed by atoms with Gasteiger partial charge in [0.15, 0.2) is 0 Å². The van der Waals surface area contributed by atoms with E-state index in [0.29, 0.717) is 12.7 Å². The lowest BCUT2D eigenvalue weighted by molar-refractivity contribution is 0.0165. The van der Waals surface area contributed by atoms with Gasteiger partial charge in [-0.15, -0.1) is 0 Å². The maximum absolute atomic E-state index is 13.2. The monoisotopic (exact) mass is 295 g/mol. The van der Waals surface area contributed by atoms with Gasteiger partial charge >= 0.3 is 0 Å². The van der Waals surface area contributed by atoms with Crippen LogP contribution >= 0.6 is 0 Å². The summed E-state index contributed by atoms with van der Waals surface area (Å²) in [6.07, 6.45) is 4.48. The van der Waals surface area contributed by atoms with E-state index in [-0.39, 0.29) is 11.9 Å². The molecule has 1 aromatic rings. The van der Waals surface area contributed by atoms with Gasteiger partial charge in [-0.2, -0.15) is 0 Å². The number of hydrogen-bond acceptors (Lipinski definition) is 3. The van der Waals surface area contributed by atoms with E-state index in [0.717, 1.165) is 51.0 Å². The Morgan fingerprint density at radius 1 is 1.48 bits per heavy atom. The number of ether oxygens (including phenoxy) is 2. The van der Waals surface area contributed by atoms with Crippen LogP contribution in [0.5, 0.6) is 0 Å². The lowest BCUT2D eigenvalue weighted by Crippen LogP contribution is -2.23. The third-order valence-corrected chi connectivity index (χ3v) is 3.84. The van der Waals surface area contributed by atoms with Gasteiger partial charge in [0.25, 0.3) is 0 Å². The molecule has 0 spiro atoms. The molecule has 0 saturated carbocycles. The van der Waals surface area contributed by atoms with Crippen LogP contribution in [0.25, 0.3) is 0 Å². The molecule has 0 amide bonds. The number of nitrogens with one attached hydrogen (secondary N) is 1. The molecule has 21 heavy (non-hydrogen) atoms. The molecule has 2 rings (SSSR count). The zero-order valence-electron chi connectivity index (χ0n) is 12.8. The van der Waals surface area contributed by atoms with Crippen molar-refractivity contribution < 1.29 is 13.9 Å². The summed E-state index contributed by atoms with van der Waals surface area (Å²) in [7, 11) is 0. The SMILES string of the molecule is CCC(NCCCOCC1CCCO1)c1cccc(F)c1. The summed E-state index contributed by atoms with van der Waals surface area (Å²) in [4.78, 5) is 0. The first-order valence-corrected chi connectivity index (χ1v) is 7.97. The molecule has 0 aromatic heterocycles. The van der Waals surface area contributed by atoms with E-state index < -0.39 is 0 Å². The van der Waals surface area contributed by atoms with Gasteiger partial charge in [0.2, 0.25) is 0 Å². The summed E-state index contributed by atoms with van der Waals surface area (Å²) in [5, 5.41) is 3.46. The molecule has 1 saturated heterocycles. The van der Waals surface area contributed by atoms with Gasteiger partial charge in [-0.3, -0.25) is 0 Å². The smallest absolute Gasteiger partial charge is 0.123 e. The second-order valence-electron chi connectivity index (χ2n) is 5.53. The van der Waals surface area contributed by atoms with Gasteiger partial charge in [-0.25, -0.2) is 4.39 Å². The average Bonchev–Trinajstić information content (AvgIpc) is 3.00. The molecular weight excluding hydrogens is 269 g/mol. The maximum Gasteiger partial charge on any atom is 0.123 e. The molecule has 1 heterocycles. The van der Waals surface area contributed by atoms with Crippen LogP contribution in [0.1, 0.15) is 44.2 Å². The molecule has 2 atom stereocenters. The first kappa shape index (κ1) is 16.4. The van der Waals surface area contributed by atoms with Crippen molar-refractivity contribution in [3.8, 4) is 0 Å². The van der Waals surface area contributed by atoms with Crippen molar-refractivity contribution in [3.05, 3.63) is 35.6 Å². The molecule has 3 nitrogen and oxygen atoms in total. The Labute approximate surface area is 126 Å². The zero-order chi connectivity index (χ0) is 14.9. The quantitative estimate of drug-likeness (QED) is 0.708. The first-order chi connectivity index (χ1) is 10.3. The van der Waals surface area contributed by atoms with Crippen LogP contribution in [0.4, 0.5) is 4.39 Å². The highest BCUT2D eigenvalue weighted by atomic mass is 19.1. The summed E-state index contributed by atoms with van der Waals surface area (Å²) in [5.41, 5.74) is 1.01. The Morgan fingerprint density at radius 2 is 2.38 bits per heavy atom. The highest BCUT2D eigenvalue weighted by Gasteiger charge is 2.15. The minimum Gasteiger partial charge on any atom is -0.379 e.